The number of pyridine rings is 1. The Balaban J connectivity index is 1.85. The summed E-state index contributed by atoms with van der Waals surface area (Å²) in [6.07, 6.45) is 0.0384. The van der Waals surface area contributed by atoms with Crippen molar-refractivity contribution in [3.8, 4) is 5.75 Å². The van der Waals surface area contributed by atoms with Crippen molar-refractivity contribution in [2.75, 3.05) is 20.2 Å². The Labute approximate surface area is 144 Å². The van der Waals surface area contributed by atoms with Crippen molar-refractivity contribution in [3.05, 3.63) is 35.5 Å². The molecule has 0 spiro atoms. The standard InChI is InChI=1S/C18H20N2O5/c1-11-14(9-12-3-4-13(25-2)10-15(12)19-11)16(21)20-7-5-18(24,6-8-20)17(22)23/h3-4,9-10,24H,5-8H2,1-2H3,(H,22,23). The van der Waals surface area contributed by atoms with Crippen molar-refractivity contribution in [1.82, 2.24) is 9.88 Å². The van der Waals surface area contributed by atoms with Gasteiger partial charge in [0.25, 0.3) is 5.91 Å². The molecule has 0 unspecified atom stereocenters. The van der Waals surface area contributed by atoms with E-state index in [1.165, 1.54) is 0 Å². The molecule has 1 aromatic carbocycles. The number of fused-ring (bicyclic) bond motifs is 1. The van der Waals surface area contributed by atoms with E-state index in [0.717, 1.165) is 10.9 Å². The van der Waals surface area contributed by atoms with Crippen LogP contribution in [-0.2, 0) is 4.79 Å². The average molecular weight is 344 g/mol. The lowest BCUT2D eigenvalue weighted by molar-refractivity contribution is -0.162. The van der Waals surface area contributed by atoms with Gasteiger partial charge in [0, 0.05) is 37.4 Å². The molecule has 0 radical (unpaired) electrons. The Morgan fingerprint density at radius 3 is 2.52 bits per heavy atom. The molecular weight excluding hydrogens is 324 g/mol. The number of amides is 1. The number of carboxylic acid groups (broad SMARTS) is 1. The highest BCUT2D eigenvalue weighted by Gasteiger charge is 2.40. The van der Waals surface area contributed by atoms with E-state index >= 15 is 0 Å². The van der Waals surface area contributed by atoms with Crippen LogP contribution in [0, 0.1) is 6.92 Å². The smallest absolute Gasteiger partial charge is 0.335 e. The molecule has 1 aliphatic rings. The van der Waals surface area contributed by atoms with Crippen LogP contribution in [-0.4, -0.2) is 57.8 Å². The van der Waals surface area contributed by atoms with E-state index < -0.39 is 11.6 Å². The molecule has 0 aliphatic carbocycles. The predicted octanol–water partition coefficient (Wildman–Crippen LogP) is 1.60. The topological polar surface area (TPSA) is 100.0 Å². The molecule has 132 valence electrons. The van der Waals surface area contributed by atoms with Crippen LogP contribution in [0.15, 0.2) is 24.3 Å². The van der Waals surface area contributed by atoms with E-state index in [0.29, 0.717) is 17.0 Å². The summed E-state index contributed by atoms with van der Waals surface area (Å²) in [7, 11) is 1.58. The summed E-state index contributed by atoms with van der Waals surface area (Å²) < 4.78 is 5.19. The average Bonchev–Trinajstić information content (AvgIpc) is 2.60. The number of aliphatic hydroxyl groups is 1. The number of carboxylic acids is 1. The van der Waals surface area contributed by atoms with Crippen LogP contribution in [0.25, 0.3) is 10.9 Å². The largest absolute Gasteiger partial charge is 0.497 e. The zero-order chi connectivity index (χ0) is 18.2. The second kappa shape index (κ2) is 6.33. The van der Waals surface area contributed by atoms with E-state index in [9.17, 15) is 14.7 Å². The van der Waals surface area contributed by atoms with Gasteiger partial charge in [-0.25, -0.2) is 4.79 Å². The zero-order valence-electron chi connectivity index (χ0n) is 14.2. The Kier molecular flexibility index (Phi) is 4.34. The lowest BCUT2D eigenvalue weighted by Crippen LogP contribution is -2.50. The number of ether oxygens (including phenoxy) is 1. The molecule has 1 amide bonds. The first-order valence-corrected chi connectivity index (χ1v) is 8.04. The van der Waals surface area contributed by atoms with Gasteiger partial charge in [0.05, 0.1) is 23.9 Å². The second-order valence-corrected chi connectivity index (χ2v) is 6.31. The number of likely N-dealkylation sites (tertiary alicyclic amines) is 1. The number of aliphatic carboxylic acids is 1. The quantitative estimate of drug-likeness (QED) is 0.877. The third-order valence-electron chi connectivity index (χ3n) is 4.72. The van der Waals surface area contributed by atoms with Gasteiger partial charge in [0.2, 0.25) is 0 Å². The molecule has 25 heavy (non-hydrogen) atoms. The summed E-state index contributed by atoms with van der Waals surface area (Å²) in [5.41, 5.74) is 0.0832. The van der Waals surface area contributed by atoms with E-state index in [2.05, 4.69) is 4.98 Å². The van der Waals surface area contributed by atoms with Crippen LogP contribution in [0.1, 0.15) is 28.9 Å². The molecule has 2 heterocycles. The summed E-state index contributed by atoms with van der Waals surface area (Å²) in [5.74, 6) is -0.741. The third-order valence-corrected chi connectivity index (χ3v) is 4.72. The number of hydrogen-bond donors (Lipinski definition) is 2. The SMILES string of the molecule is COc1ccc2cc(C(=O)N3CCC(O)(C(=O)O)CC3)c(C)nc2c1. The number of piperidine rings is 1. The summed E-state index contributed by atoms with van der Waals surface area (Å²) in [4.78, 5) is 30.0. The van der Waals surface area contributed by atoms with Crippen LogP contribution in [0.2, 0.25) is 0 Å². The summed E-state index contributed by atoms with van der Waals surface area (Å²) in [5, 5.41) is 19.9. The summed E-state index contributed by atoms with van der Waals surface area (Å²) >= 11 is 0. The van der Waals surface area contributed by atoms with E-state index in [1.54, 1.807) is 25.0 Å². The molecule has 2 aromatic rings. The number of aromatic nitrogens is 1. The number of aryl methyl sites for hydroxylation is 1. The van der Waals surface area contributed by atoms with Gasteiger partial charge in [0.1, 0.15) is 5.75 Å². The monoisotopic (exact) mass is 344 g/mol. The van der Waals surface area contributed by atoms with Crippen molar-refractivity contribution < 1.29 is 24.5 Å². The molecule has 1 aromatic heterocycles. The first kappa shape index (κ1) is 17.2. The van der Waals surface area contributed by atoms with Crippen LogP contribution in [0.4, 0.5) is 0 Å². The highest BCUT2D eigenvalue weighted by molar-refractivity contribution is 5.99. The third kappa shape index (κ3) is 3.15. The molecule has 1 aliphatic heterocycles. The Hall–Kier alpha value is -2.67. The highest BCUT2D eigenvalue weighted by atomic mass is 16.5. The molecule has 1 fully saturated rings. The van der Waals surface area contributed by atoms with Gasteiger partial charge in [0.15, 0.2) is 5.60 Å². The molecule has 0 atom stereocenters. The molecule has 3 rings (SSSR count). The van der Waals surface area contributed by atoms with Gasteiger partial charge >= 0.3 is 5.97 Å². The van der Waals surface area contributed by atoms with E-state index in [1.807, 2.05) is 18.2 Å². The number of carbonyl (C=O) groups excluding carboxylic acids is 1. The second-order valence-electron chi connectivity index (χ2n) is 6.31. The Bertz CT molecular complexity index is 841. The van der Waals surface area contributed by atoms with Crippen molar-refractivity contribution in [2.45, 2.75) is 25.4 Å². The number of nitrogens with zero attached hydrogens (tertiary/aromatic N) is 2. The van der Waals surface area contributed by atoms with Crippen molar-refractivity contribution in [3.63, 3.8) is 0 Å². The maximum absolute atomic E-state index is 12.8. The molecule has 7 heteroatoms. The number of hydrogen-bond acceptors (Lipinski definition) is 5. The Morgan fingerprint density at radius 1 is 1.24 bits per heavy atom. The summed E-state index contributed by atoms with van der Waals surface area (Å²) in [6, 6.07) is 7.25. The van der Waals surface area contributed by atoms with Crippen molar-refractivity contribution in [2.24, 2.45) is 0 Å². The van der Waals surface area contributed by atoms with Crippen LogP contribution in [0.5, 0.6) is 5.75 Å². The first-order valence-electron chi connectivity index (χ1n) is 8.04. The molecule has 7 nitrogen and oxygen atoms in total. The lowest BCUT2D eigenvalue weighted by atomic mass is 9.91. The van der Waals surface area contributed by atoms with Gasteiger partial charge in [-0.3, -0.25) is 9.78 Å². The molecule has 1 saturated heterocycles. The van der Waals surface area contributed by atoms with Crippen molar-refractivity contribution in [1.29, 1.82) is 0 Å². The minimum Gasteiger partial charge on any atom is -0.497 e. The molecule has 0 saturated carbocycles. The van der Waals surface area contributed by atoms with Gasteiger partial charge in [-0.05, 0) is 25.1 Å². The molecule has 2 N–H and O–H groups in total. The number of rotatable bonds is 3. The lowest BCUT2D eigenvalue weighted by Gasteiger charge is -2.35. The molecule has 0 bridgehead atoms. The highest BCUT2D eigenvalue weighted by Crippen LogP contribution is 2.26. The molecular formula is C18H20N2O5. The number of carbonyl (C=O) groups is 2. The van der Waals surface area contributed by atoms with Gasteiger partial charge < -0.3 is 19.8 Å². The number of benzene rings is 1. The first-order chi connectivity index (χ1) is 11.8. The minimum atomic E-state index is -1.75. The van der Waals surface area contributed by atoms with Gasteiger partial charge in [-0.15, -0.1) is 0 Å². The fourth-order valence-corrected chi connectivity index (χ4v) is 3.05. The maximum Gasteiger partial charge on any atom is 0.335 e. The van der Waals surface area contributed by atoms with Crippen LogP contribution < -0.4 is 4.74 Å². The fourth-order valence-electron chi connectivity index (χ4n) is 3.05. The normalized spacial score (nSPS) is 16.7. The zero-order valence-corrected chi connectivity index (χ0v) is 14.2. The van der Waals surface area contributed by atoms with Crippen LogP contribution >= 0.6 is 0 Å². The predicted molar refractivity (Wildman–Crippen MR) is 90.8 cm³/mol. The van der Waals surface area contributed by atoms with Gasteiger partial charge in [-0.1, -0.05) is 0 Å². The van der Waals surface area contributed by atoms with Gasteiger partial charge in [-0.2, -0.15) is 0 Å². The fraction of sp³-hybridized carbons (Fsp3) is 0.389. The summed E-state index contributed by atoms with van der Waals surface area (Å²) in [6.45, 7) is 2.16. The van der Waals surface area contributed by atoms with E-state index in [4.69, 9.17) is 9.84 Å². The minimum absolute atomic E-state index is 0.0192. The van der Waals surface area contributed by atoms with E-state index in [-0.39, 0.29) is 31.8 Å². The van der Waals surface area contributed by atoms with Crippen molar-refractivity contribution >= 4 is 22.8 Å². The maximum atomic E-state index is 12.8. The van der Waals surface area contributed by atoms with Crippen LogP contribution in [0.3, 0.4) is 0 Å². The Morgan fingerprint density at radius 2 is 1.92 bits per heavy atom. The number of methoxy groups -OCH3 is 1.